The number of thiazole rings is 1. The van der Waals surface area contributed by atoms with Gasteiger partial charge in [0.25, 0.3) is 0 Å². The standard InChI is InChI=1S/C23H34N2O3S/c1-2-3-4-5-6-7-8-9-10-11-12-13-14-15-16-17-21(26)25-23-24-20(19-29-23)18-22(27)28/h3-4,6-7,9-10,19H,2,5,8,11-18H2,1H3,(H,27,28)(H,24,25,26)/b4-3+,7-6+,10-9+. The molecule has 2 N–H and O–H groups in total. The van der Waals surface area contributed by atoms with E-state index in [2.05, 4.69) is 53.7 Å². The van der Waals surface area contributed by atoms with Crippen LogP contribution < -0.4 is 5.32 Å². The minimum atomic E-state index is -0.920. The first-order valence-electron chi connectivity index (χ1n) is 10.5. The molecule has 0 saturated heterocycles. The van der Waals surface area contributed by atoms with Gasteiger partial charge in [-0.3, -0.25) is 9.59 Å². The maximum atomic E-state index is 11.9. The first-order valence-corrected chi connectivity index (χ1v) is 11.4. The summed E-state index contributed by atoms with van der Waals surface area (Å²) < 4.78 is 0. The molecule has 0 saturated carbocycles. The second kappa shape index (κ2) is 16.7. The Balaban J connectivity index is 1.96. The van der Waals surface area contributed by atoms with Crippen LogP contribution in [0.1, 0.15) is 76.8 Å². The summed E-state index contributed by atoms with van der Waals surface area (Å²) >= 11 is 1.26. The number of aliphatic carboxylic acids is 1. The Kier molecular flexibility index (Phi) is 14.3. The highest BCUT2D eigenvalue weighted by molar-refractivity contribution is 7.13. The van der Waals surface area contributed by atoms with Crippen LogP contribution in [0.2, 0.25) is 0 Å². The third kappa shape index (κ3) is 14.4. The van der Waals surface area contributed by atoms with Gasteiger partial charge in [-0.1, -0.05) is 62.6 Å². The Morgan fingerprint density at radius 3 is 2.38 bits per heavy atom. The second-order valence-electron chi connectivity index (χ2n) is 6.86. The van der Waals surface area contributed by atoms with Crippen molar-refractivity contribution in [3.63, 3.8) is 0 Å². The Labute approximate surface area is 178 Å². The smallest absolute Gasteiger partial charge is 0.309 e. The quantitative estimate of drug-likeness (QED) is 0.244. The fourth-order valence-corrected chi connectivity index (χ4v) is 3.41. The number of rotatable bonds is 16. The van der Waals surface area contributed by atoms with Crippen molar-refractivity contribution in [1.82, 2.24) is 4.98 Å². The fourth-order valence-electron chi connectivity index (χ4n) is 2.69. The number of carboxylic acid groups (broad SMARTS) is 1. The SMILES string of the molecule is CC/C=C/C/C=C/C/C=C/CCCCCCCC(=O)Nc1nc(CC(=O)O)cs1. The maximum absolute atomic E-state index is 11.9. The summed E-state index contributed by atoms with van der Waals surface area (Å²) in [6.45, 7) is 2.14. The third-order valence-corrected chi connectivity index (χ3v) is 4.99. The van der Waals surface area contributed by atoms with E-state index in [0.29, 0.717) is 17.2 Å². The molecule has 6 heteroatoms. The van der Waals surface area contributed by atoms with Gasteiger partial charge in [0, 0.05) is 11.8 Å². The molecule has 1 heterocycles. The lowest BCUT2D eigenvalue weighted by Crippen LogP contribution is -2.11. The van der Waals surface area contributed by atoms with Gasteiger partial charge < -0.3 is 10.4 Å². The Bertz CT molecular complexity index is 677. The van der Waals surface area contributed by atoms with Crippen LogP contribution in [0.15, 0.2) is 41.8 Å². The van der Waals surface area contributed by atoms with E-state index < -0.39 is 5.97 Å². The number of amides is 1. The van der Waals surface area contributed by atoms with Crippen molar-refractivity contribution in [2.45, 2.75) is 77.6 Å². The highest BCUT2D eigenvalue weighted by atomic mass is 32.1. The maximum Gasteiger partial charge on any atom is 0.309 e. The topological polar surface area (TPSA) is 79.3 Å². The number of unbranched alkanes of at least 4 members (excludes halogenated alkanes) is 5. The number of hydrogen-bond acceptors (Lipinski definition) is 4. The molecule has 0 aliphatic heterocycles. The molecule has 1 aromatic heterocycles. The highest BCUT2D eigenvalue weighted by Crippen LogP contribution is 2.16. The first kappa shape index (κ1) is 24.8. The highest BCUT2D eigenvalue weighted by Gasteiger charge is 2.08. The average molecular weight is 419 g/mol. The zero-order valence-corrected chi connectivity index (χ0v) is 18.3. The summed E-state index contributed by atoms with van der Waals surface area (Å²) in [5.41, 5.74) is 0.479. The third-order valence-electron chi connectivity index (χ3n) is 4.19. The molecule has 0 aliphatic carbocycles. The summed E-state index contributed by atoms with van der Waals surface area (Å²) in [5, 5.41) is 13.6. The number of nitrogens with one attached hydrogen (secondary N) is 1. The summed E-state index contributed by atoms with van der Waals surface area (Å²) in [4.78, 5) is 26.6. The molecule has 160 valence electrons. The summed E-state index contributed by atoms with van der Waals surface area (Å²) in [6.07, 6.45) is 23.3. The van der Waals surface area contributed by atoms with Gasteiger partial charge in [-0.2, -0.15) is 0 Å². The molecule has 0 aliphatic rings. The Morgan fingerprint density at radius 1 is 1.00 bits per heavy atom. The van der Waals surface area contributed by atoms with Gasteiger partial charge in [0.15, 0.2) is 5.13 Å². The monoisotopic (exact) mass is 418 g/mol. The molecule has 0 fully saturated rings. The van der Waals surface area contributed by atoms with E-state index in [1.807, 2.05) is 0 Å². The van der Waals surface area contributed by atoms with Gasteiger partial charge in [0.1, 0.15) is 0 Å². The molecule has 0 atom stereocenters. The van der Waals surface area contributed by atoms with Crippen LogP contribution in [0.25, 0.3) is 0 Å². The second-order valence-corrected chi connectivity index (χ2v) is 7.72. The Hall–Kier alpha value is -2.21. The summed E-state index contributed by atoms with van der Waals surface area (Å²) in [6, 6.07) is 0. The zero-order chi connectivity index (χ0) is 21.2. The van der Waals surface area contributed by atoms with Crippen molar-refractivity contribution < 1.29 is 14.7 Å². The van der Waals surface area contributed by atoms with E-state index >= 15 is 0 Å². The number of nitrogens with zero attached hydrogens (tertiary/aromatic N) is 1. The van der Waals surface area contributed by atoms with Gasteiger partial charge >= 0.3 is 5.97 Å². The van der Waals surface area contributed by atoms with E-state index in [0.717, 1.165) is 44.9 Å². The summed E-state index contributed by atoms with van der Waals surface area (Å²) in [5.74, 6) is -0.974. The lowest BCUT2D eigenvalue weighted by molar-refractivity contribution is -0.136. The Morgan fingerprint density at radius 2 is 1.66 bits per heavy atom. The minimum Gasteiger partial charge on any atom is -0.481 e. The molecule has 1 rings (SSSR count). The molecule has 0 aromatic carbocycles. The number of aromatic nitrogens is 1. The van der Waals surface area contributed by atoms with Crippen LogP contribution in [0.3, 0.4) is 0 Å². The minimum absolute atomic E-state index is 0.0533. The number of anilines is 1. The van der Waals surface area contributed by atoms with Crippen LogP contribution in [-0.4, -0.2) is 22.0 Å². The van der Waals surface area contributed by atoms with Crippen LogP contribution in [-0.2, 0) is 16.0 Å². The lowest BCUT2D eigenvalue weighted by Gasteiger charge is -2.02. The van der Waals surface area contributed by atoms with Crippen molar-refractivity contribution in [2.75, 3.05) is 5.32 Å². The van der Waals surface area contributed by atoms with Gasteiger partial charge in [0.2, 0.25) is 5.91 Å². The van der Waals surface area contributed by atoms with Crippen molar-refractivity contribution in [3.8, 4) is 0 Å². The number of allylic oxidation sites excluding steroid dienone is 6. The van der Waals surface area contributed by atoms with Crippen molar-refractivity contribution in [1.29, 1.82) is 0 Å². The molecule has 1 aromatic rings. The van der Waals surface area contributed by atoms with Crippen LogP contribution in [0.4, 0.5) is 5.13 Å². The molecular formula is C23H34N2O3S. The van der Waals surface area contributed by atoms with Crippen LogP contribution in [0.5, 0.6) is 0 Å². The predicted molar refractivity (Wildman–Crippen MR) is 121 cm³/mol. The van der Waals surface area contributed by atoms with Gasteiger partial charge in [0.05, 0.1) is 12.1 Å². The van der Waals surface area contributed by atoms with Gasteiger partial charge in [-0.05, 0) is 38.5 Å². The number of carbonyl (C=O) groups excluding carboxylic acids is 1. The van der Waals surface area contributed by atoms with Crippen molar-refractivity contribution in [3.05, 3.63) is 47.5 Å². The molecule has 0 unspecified atom stereocenters. The molecule has 0 spiro atoms. The lowest BCUT2D eigenvalue weighted by atomic mass is 10.1. The normalized spacial score (nSPS) is 11.8. The first-order chi connectivity index (χ1) is 14.1. The molecular weight excluding hydrogens is 384 g/mol. The zero-order valence-electron chi connectivity index (χ0n) is 17.4. The van der Waals surface area contributed by atoms with Gasteiger partial charge in [-0.25, -0.2) is 4.98 Å². The van der Waals surface area contributed by atoms with Crippen LogP contribution >= 0.6 is 11.3 Å². The van der Waals surface area contributed by atoms with E-state index in [4.69, 9.17) is 5.11 Å². The van der Waals surface area contributed by atoms with E-state index in [-0.39, 0.29) is 12.3 Å². The van der Waals surface area contributed by atoms with E-state index in [9.17, 15) is 9.59 Å². The fraction of sp³-hybridized carbons (Fsp3) is 0.522. The molecule has 5 nitrogen and oxygen atoms in total. The molecule has 0 bridgehead atoms. The molecule has 29 heavy (non-hydrogen) atoms. The van der Waals surface area contributed by atoms with Crippen molar-refractivity contribution >= 4 is 28.3 Å². The molecule has 0 radical (unpaired) electrons. The number of hydrogen-bond donors (Lipinski definition) is 2. The average Bonchev–Trinajstić information content (AvgIpc) is 3.10. The van der Waals surface area contributed by atoms with Gasteiger partial charge in [-0.15, -0.1) is 11.3 Å². The molecule has 1 amide bonds. The van der Waals surface area contributed by atoms with Crippen LogP contribution in [0, 0.1) is 0 Å². The van der Waals surface area contributed by atoms with E-state index in [1.54, 1.807) is 5.38 Å². The van der Waals surface area contributed by atoms with Crippen molar-refractivity contribution in [2.24, 2.45) is 0 Å². The number of carboxylic acids is 1. The summed E-state index contributed by atoms with van der Waals surface area (Å²) in [7, 11) is 0. The largest absolute Gasteiger partial charge is 0.481 e. The predicted octanol–water partition coefficient (Wildman–Crippen LogP) is 6.30. The van der Waals surface area contributed by atoms with E-state index in [1.165, 1.54) is 24.2 Å². The number of carbonyl (C=O) groups is 2.